The standard InChI is InChI=1S/C23H30N2O4S/c1-17(14-26)15-30(27,28)16-18-2-4-21(25-13-18)19-3-5-22-20(12-19)6-7-23(29-22)8-10-24-11-9-23/h2-5,12-13,17,24,26H,6-11,14-16H2,1H3/t17-/m1/s1. The molecule has 0 radical (unpaired) electrons. The lowest BCUT2D eigenvalue weighted by Gasteiger charge is -2.41. The second-order valence-corrected chi connectivity index (χ2v) is 10.9. The molecule has 1 saturated heterocycles. The fourth-order valence-corrected chi connectivity index (χ4v) is 6.16. The van der Waals surface area contributed by atoms with Crippen molar-refractivity contribution < 1.29 is 18.3 Å². The van der Waals surface area contributed by atoms with Crippen LogP contribution in [0.4, 0.5) is 0 Å². The van der Waals surface area contributed by atoms with E-state index in [9.17, 15) is 8.42 Å². The maximum absolute atomic E-state index is 12.3. The molecule has 2 aliphatic rings. The molecule has 0 aliphatic carbocycles. The van der Waals surface area contributed by atoms with Crippen LogP contribution in [0.25, 0.3) is 11.3 Å². The van der Waals surface area contributed by atoms with E-state index in [2.05, 4.69) is 16.4 Å². The van der Waals surface area contributed by atoms with Crippen LogP contribution in [0.5, 0.6) is 5.75 Å². The van der Waals surface area contributed by atoms with E-state index in [0.717, 1.165) is 55.8 Å². The first-order valence-electron chi connectivity index (χ1n) is 10.7. The molecule has 2 aliphatic heterocycles. The van der Waals surface area contributed by atoms with E-state index in [-0.39, 0.29) is 29.6 Å². The molecule has 1 fully saturated rings. The number of aromatic nitrogens is 1. The molecular weight excluding hydrogens is 400 g/mol. The number of ether oxygens (including phenoxy) is 1. The zero-order valence-electron chi connectivity index (χ0n) is 17.4. The Hall–Kier alpha value is -1.96. The van der Waals surface area contributed by atoms with Gasteiger partial charge >= 0.3 is 0 Å². The van der Waals surface area contributed by atoms with Crippen LogP contribution >= 0.6 is 0 Å². The van der Waals surface area contributed by atoms with Crippen molar-refractivity contribution in [2.24, 2.45) is 5.92 Å². The normalized spacial score (nSPS) is 19.1. The summed E-state index contributed by atoms with van der Waals surface area (Å²) in [7, 11) is -3.27. The summed E-state index contributed by atoms with van der Waals surface area (Å²) in [5, 5.41) is 12.5. The van der Waals surface area contributed by atoms with E-state index >= 15 is 0 Å². The van der Waals surface area contributed by atoms with Crippen LogP contribution in [-0.4, -0.2) is 49.6 Å². The number of aliphatic hydroxyl groups excluding tert-OH is 1. The second-order valence-electron chi connectivity index (χ2n) is 8.75. The molecule has 1 aromatic carbocycles. The number of aliphatic hydroxyl groups is 1. The van der Waals surface area contributed by atoms with Crippen LogP contribution in [-0.2, 0) is 22.0 Å². The van der Waals surface area contributed by atoms with E-state index < -0.39 is 9.84 Å². The quantitative estimate of drug-likeness (QED) is 0.733. The number of fused-ring (bicyclic) bond motifs is 1. The predicted octanol–water partition coefficient (Wildman–Crippen LogP) is 2.74. The van der Waals surface area contributed by atoms with Gasteiger partial charge in [0.1, 0.15) is 11.4 Å². The van der Waals surface area contributed by atoms with Crippen LogP contribution in [0.1, 0.15) is 37.3 Å². The molecule has 1 aromatic heterocycles. The van der Waals surface area contributed by atoms with Crippen molar-refractivity contribution in [1.29, 1.82) is 0 Å². The third-order valence-corrected chi connectivity index (χ3v) is 7.96. The Balaban J connectivity index is 1.46. The highest BCUT2D eigenvalue weighted by Crippen LogP contribution is 2.39. The molecule has 0 saturated carbocycles. The molecule has 2 N–H and O–H groups in total. The highest BCUT2D eigenvalue weighted by molar-refractivity contribution is 7.90. The minimum atomic E-state index is -3.27. The second kappa shape index (κ2) is 8.65. The molecule has 6 nitrogen and oxygen atoms in total. The van der Waals surface area contributed by atoms with Crippen LogP contribution in [0.3, 0.4) is 0 Å². The molecule has 0 bridgehead atoms. The topological polar surface area (TPSA) is 88.5 Å². The van der Waals surface area contributed by atoms with E-state index in [0.29, 0.717) is 5.56 Å². The first-order chi connectivity index (χ1) is 14.4. The van der Waals surface area contributed by atoms with E-state index in [1.165, 1.54) is 5.56 Å². The first kappa shape index (κ1) is 21.3. The highest BCUT2D eigenvalue weighted by atomic mass is 32.2. The number of hydrogen-bond acceptors (Lipinski definition) is 6. The van der Waals surface area contributed by atoms with Gasteiger partial charge in [0.05, 0.1) is 17.2 Å². The van der Waals surface area contributed by atoms with Crippen molar-refractivity contribution in [2.75, 3.05) is 25.4 Å². The van der Waals surface area contributed by atoms with E-state index in [1.54, 1.807) is 13.1 Å². The SMILES string of the molecule is C[C@H](CO)CS(=O)(=O)Cc1ccc(-c2ccc3c(c2)CCC2(CCNCC2)O3)nc1. The van der Waals surface area contributed by atoms with Crippen molar-refractivity contribution in [1.82, 2.24) is 10.3 Å². The summed E-state index contributed by atoms with van der Waals surface area (Å²) in [4.78, 5) is 4.50. The monoisotopic (exact) mass is 430 g/mol. The lowest BCUT2D eigenvalue weighted by molar-refractivity contribution is 0.0170. The minimum absolute atomic E-state index is 0.0152. The lowest BCUT2D eigenvalue weighted by atomic mass is 9.83. The molecule has 3 heterocycles. The van der Waals surface area contributed by atoms with Crippen LogP contribution in [0.2, 0.25) is 0 Å². The number of hydrogen-bond donors (Lipinski definition) is 2. The Morgan fingerprint density at radius 3 is 2.70 bits per heavy atom. The molecule has 0 amide bonds. The van der Waals surface area contributed by atoms with Gasteiger partial charge in [-0.3, -0.25) is 4.98 Å². The number of benzene rings is 1. The Kier molecular flexibility index (Phi) is 6.14. The molecule has 1 atom stereocenters. The maximum Gasteiger partial charge on any atom is 0.154 e. The average molecular weight is 431 g/mol. The van der Waals surface area contributed by atoms with Gasteiger partial charge in [0.25, 0.3) is 0 Å². The molecule has 30 heavy (non-hydrogen) atoms. The molecular formula is C23H30N2O4S. The third kappa shape index (κ3) is 4.85. The Morgan fingerprint density at radius 2 is 2.00 bits per heavy atom. The van der Waals surface area contributed by atoms with Crippen LogP contribution < -0.4 is 10.1 Å². The van der Waals surface area contributed by atoms with Gasteiger partial charge < -0.3 is 15.2 Å². The van der Waals surface area contributed by atoms with Gasteiger partial charge in [-0.2, -0.15) is 0 Å². The smallest absolute Gasteiger partial charge is 0.154 e. The fourth-order valence-electron chi connectivity index (χ4n) is 4.39. The number of sulfone groups is 1. The summed E-state index contributed by atoms with van der Waals surface area (Å²) < 4.78 is 30.9. The van der Waals surface area contributed by atoms with Gasteiger partial charge in [0.15, 0.2) is 9.84 Å². The van der Waals surface area contributed by atoms with Crippen molar-refractivity contribution >= 4 is 9.84 Å². The Labute approximate surface area is 178 Å². The van der Waals surface area contributed by atoms with Gasteiger partial charge in [-0.05, 0) is 80.1 Å². The number of nitrogens with one attached hydrogen (secondary N) is 1. The zero-order valence-corrected chi connectivity index (χ0v) is 18.2. The molecule has 162 valence electrons. The van der Waals surface area contributed by atoms with Crippen molar-refractivity contribution in [3.63, 3.8) is 0 Å². The Morgan fingerprint density at radius 1 is 1.20 bits per heavy atom. The summed E-state index contributed by atoms with van der Waals surface area (Å²) in [6.45, 7) is 3.62. The number of nitrogens with zero attached hydrogens (tertiary/aromatic N) is 1. The molecule has 2 aromatic rings. The highest BCUT2D eigenvalue weighted by Gasteiger charge is 2.37. The average Bonchev–Trinajstić information content (AvgIpc) is 2.74. The van der Waals surface area contributed by atoms with Crippen molar-refractivity contribution in [2.45, 2.75) is 44.0 Å². The van der Waals surface area contributed by atoms with Crippen molar-refractivity contribution in [3.05, 3.63) is 47.7 Å². The van der Waals surface area contributed by atoms with Gasteiger partial charge in [-0.15, -0.1) is 0 Å². The summed E-state index contributed by atoms with van der Waals surface area (Å²) in [6, 6.07) is 9.92. The fraction of sp³-hybridized carbons (Fsp3) is 0.522. The molecule has 1 spiro atoms. The van der Waals surface area contributed by atoms with Crippen molar-refractivity contribution in [3.8, 4) is 17.0 Å². The van der Waals surface area contributed by atoms with Gasteiger partial charge in [0.2, 0.25) is 0 Å². The molecule has 7 heteroatoms. The Bertz CT molecular complexity index is 983. The van der Waals surface area contributed by atoms with E-state index in [1.807, 2.05) is 24.3 Å². The summed E-state index contributed by atoms with van der Waals surface area (Å²) in [6.07, 6.45) is 5.79. The number of aryl methyl sites for hydroxylation is 1. The zero-order chi connectivity index (χ0) is 21.2. The minimum Gasteiger partial charge on any atom is -0.487 e. The largest absolute Gasteiger partial charge is 0.487 e. The molecule has 0 unspecified atom stereocenters. The number of pyridine rings is 1. The van der Waals surface area contributed by atoms with Gasteiger partial charge in [-0.25, -0.2) is 8.42 Å². The summed E-state index contributed by atoms with van der Waals surface area (Å²) in [5.41, 5.74) is 3.70. The van der Waals surface area contributed by atoms with Gasteiger partial charge in [0, 0.05) is 18.4 Å². The van der Waals surface area contributed by atoms with Crippen LogP contribution in [0.15, 0.2) is 36.5 Å². The first-order valence-corrected chi connectivity index (χ1v) is 12.5. The maximum atomic E-state index is 12.3. The predicted molar refractivity (Wildman–Crippen MR) is 117 cm³/mol. The van der Waals surface area contributed by atoms with E-state index in [4.69, 9.17) is 9.84 Å². The third-order valence-electron chi connectivity index (χ3n) is 6.11. The molecule has 4 rings (SSSR count). The lowest BCUT2D eigenvalue weighted by Crippen LogP contribution is -2.48. The summed E-state index contributed by atoms with van der Waals surface area (Å²) in [5.74, 6) is 0.643. The van der Waals surface area contributed by atoms with Crippen LogP contribution in [0, 0.1) is 5.92 Å². The van der Waals surface area contributed by atoms with Gasteiger partial charge in [-0.1, -0.05) is 13.0 Å². The summed E-state index contributed by atoms with van der Waals surface area (Å²) >= 11 is 0. The number of piperidine rings is 1. The number of rotatable bonds is 6.